The Balaban J connectivity index is 2.94. The third kappa shape index (κ3) is 2.56. The summed E-state index contributed by atoms with van der Waals surface area (Å²) in [5, 5.41) is 0.223. The molecule has 0 aliphatic rings. The van der Waals surface area contributed by atoms with E-state index in [2.05, 4.69) is 4.74 Å². The molecule has 0 aliphatic carbocycles. The number of carbonyl (C=O) groups is 1. The van der Waals surface area contributed by atoms with Crippen molar-refractivity contribution in [3.8, 4) is 0 Å². The lowest BCUT2D eigenvalue weighted by molar-refractivity contribution is -0.0905. The Morgan fingerprint density at radius 2 is 2.14 bits per heavy atom. The first-order valence-corrected chi connectivity index (χ1v) is 3.92. The average molecular weight is 222 g/mol. The van der Waals surface area contributed by atoms with Gasteiger partial charge in [0.15, 0.2) is 0 Å². The molecule has 0 unspecified atom stereocenters. The van der Waals surface area contributed by atoms with Crippen LogP contribution in [0.1, 0.15) is 10.4 Å². The lowest BCUT2D eigenvalue weighted by Gasteiger charge is -2.05. The molecule has 0 heterocycles. The van der Waals surface area contributed by atoms with Gasteiger partial charge in [-0.2, -0.15) is 8.78 Å². The molecule has 0 spiro atoms. The van der Waals surface area contributed by atoms with Gasteiger partial charge < -0.3 is 10.5 Å². The SMILES string of the molecule is Nc1ccc(Cl)cc1C(=O)OC(F)F. The van der Waals surface area contributed by atoms with Gasteiger partial charge in [0.2, 0.25) is 0 Å². The topological polar surface area (TPSA) is 52.3 Å². The standard InChI is InChI=1S/C8H6ClF2NO2/c9-4-1-2-6(12)5(3-4)7(13)14-8(10)11/h1-3,8H,12H2. The second kappa shape index (κ2) is 4.23. The smallest absolute Gasteiger partial charge is 0.389 e. The van der Waals surface area contributed by atoms with Gasteiger partial charge in [0.05, 0.1) is 5.56 Å². The Kier molecular flexibility index (Phi) is 3.24. The minimum atomic E-state index is -3.17. The van der Waals surface area contributed by atoms with Crippen molar-refractivity contribution in [2.24, 2.45) is 0 Å². The monoisotopic (exact) mass is 221 g/mol. The number of rotatable bonds is 2. The van der Waals surface area contributed by atoms with E-state index in [0.717, 1.165) is 0 Å². The van der Waals surface area contributed by atoms with Crippen LogP contribution in [0.4, 0.5) is 14.5 Å². The number of nitrogen functional groups attached to an aromatic ring is 1. The van der Waals surface area contributed by atoms with Gasteiger partial charge in [-0.1, -0.05) is 11.6 Å². The number of hydrogen-bond acceptors (Lipinski definition) is 3. The fourth-order valence-electron chi connectivity index (χ4n) is 0.850. The number of carbonyl (C=O) groups excluding carboxylic acids is 1. The van der Waals surface area contributed by atoms with Crippen LogP contribution in [0, 0.1) is 0 Å². The Hall–Kier alpha value is -1.36. The van der Waals surface area contributed by atoms with Gasteiger partial charge >= 0.3 is 12.6 Å². The molecular formula is C8H6ClF2NO2. The minimum Gasteiger partial charge on any atom is -0.399 e. The molecule has 0 saturated heterocycles. The highest BCUT2D eigenvalue weighted by atomic mass is 35.5. The third-order valence-electron chi connectivity index (χ3n) is 1.43. The molecule has 0 saturated carbocycles. The Labute approximate surface area is 83.4 Å². The van der Waals surface area contributed by atoms with Gasteiger partial charge in [0, 0.05) is 10.7 Å². The highest BCUT2D eigenvalue weighted by Gasteiger charge is 2.16. The predicted molar refractivity (Wildman–Crippen MR) is 47.3 cm³/mol. The van der Waals surface area contributed by atoms with E-state index in [1.165, 1.54) is 18.2 Å². The maximum Gasteiger partial charge on any atom is 0.389 e. The molecule has 0 atom stereocenters. The van der Waals surface area contributed by atoms with Crippen molar-refractivity contribution in [2.45, 2.75) is 6.61 Å². The summed E-state index contributed by atoms with van der Waals surface area (Å²) in [4.78, 5) is 11.0. The third-order valence-corrected chi connectivity index (χ3v) is 1.67. The molecule has 0 amide bonds. The number of nitrogens with two attached hydrogens (primary N) is 1. The van der Waals surface area contributed by atoms with Gasteiger partial charge in [-0.3, -0.25) is 0 Å². The quantitative estimate of drug-likeness (QED) is 0.616. The molecule has 3 nitrogen and oxygen atoms in total. The van der Waals surface area contributed by atoms with Gasteiger partial charge in [-0.25, -0.2) is 4.79 Å². The van der Waals surface area contributed by atoms with E-state index in [0.29, 0.717) is 0 Å². The summed E-state index contributed by atoms with van der Waals surface area (Å²) in [7, 11) is 0. The summed E-state index contributed by atoms with van der Waals surface area (Å²) < 4.78 is 27.0. The van der Waals surface area contributed by atoms with Gasteiger partial charge in [-0.05, 0) is 18.2 Å². The molecule has 0 aliphatic heterocycles. The Bertz CT molecular complexity index is 357. The molecule has 0 aromatic heterocycles. The maximum absolute atomic E-state index is 11.7. The van der Waals surface area contributed by atoms with Crippen LogP contribution in [0.5, 0.6) is 0 Å². The second-order valence-electron chi connectivity index (χ2n) is 2.40. The maximum atomic E-state index is 11.7. The van der Waals surface area contributed by atoms with Crippen molar-refractivity contribution < 1.29 is 18.3 Å². The Morgan fingerprint density at radius 1 is 1.50 bits per heavy atom. The van der Waals surface area contributed by atoms with E-state index >= 15 is 0 Å². The molecule has 0 fully saturated rings. The van der Waals surface area contributed by atoms with E-state index in [9.17, 15) is 13.6 Å². The van der Waals surface area contributed by atoms with Crippen molar-refractivity contribution >= 4 is 23.3 Å². The normalized spacial score (nSPS) is 10.3. The molecule has 0 bridgehead atoms. The van der Waals surface area contributed by atoms with E-state index < -0.39 is 12.6 Å². The average Bonchev–Trinajstić information content (AvgIpc) is 2.08. The van der Waals surface area contributed by atoms with Gasteiger partial charge in [-0.15, -0.1) is 0 Å². The van der Waals surface area contributed by atoms with Crippen molar-refractivity contribution in [2.75, 3.05) is 5.73 Å². The number of ether oxygens (including phenoxy) is 1. The number of alkyl halides is 2. The molecule has 2 N–H and O–H groups in total. The molecule has 14 heavy (non-hydrogen) atoms. The van der Waals surface area contributed by atoms with Crippen LogP contribution in [0.3, 0.4) is 0 Å². The van der Waals surface area contributed by atoms with Crippen LogP contribution in [0.2, 0.25) is 5.02 Å². The minimum absolute atomic E-state index is 0.0417. The zero-order valence-electron chi connectivity index (χ0n) is 6.84. The number of anilines is 1. The summed E-state index contributed by atoms with van der Waals surface area (Å²) >= 11 is 5.55. The fraction of sp³-hybridized carbons (Fsp3) is 0.125. The van der Waals surface area contributed by atoms with E-state index in [4.69, 9.17) is 17.3 Å². The molecule has 1 aromatic carbocycles. The summed E-state index contributed by atoms with van der Waals surface area (Å²) in [6.07, 6.45) is 0. The first-order chi connectivity index (χ1) is 6.50. The molecule has 0 radical (unpaired) electrons. The molecule has 76 valence electrons. The predicted octanol–water partition coefficient (Wildman–Crippen LogP) is 2.30. The van der Waals surface area contributed by atoms with Crippen molar-refractivity contribution in [1.82, 2.24) is 0 Å². The number of benzene rings is 1. The van der Waals surface area contributed by atoms with Crippen molar-refractivity contribution in [3.63, 3.8) is 0 Å². The van der Waals surface area contributed by atoms with Crippen LogP contribution in [-0.4, -0.2) is 12.6 Å². The lowest BCUT2D eigenvalue weighted by Crippen LogP contribution is -2.11. The zero-order chi connectivity index (χ0) is 10.7. The fourth-order valence-corrected chi connectivity index (χ4v) is 1.02. The number of hydrogen-bond donors (Lipinski definition) is 1. The second-order valence-corrected chi connectivity index (χ2v) is 2.83. The summed E-state index contributed by atoms with van der Waals surface area (Å²) in [6.45, 7) is -3.17. The van der Waals surface area contributed by atoms with Crippen LogP contribution in [-0.2, 0) is 4.74 Å². The van der Waals surface area contributed by atoms with Crippen LogP contribution < -0.4 is 5.73 Å². The lowest BCUT2D eigenvalue weighted by atomic mass is 10.2. The van der Waals surface area contributed by atoms with E-state index in [1.54, 1.807) is 0 Å². The molecule has 1 rings (SSSR count). The van der Waals surface area contributed by atoms with Crippen LogP contribution >= 0.6 is 11.6 Å². The number of esters is 1. The summed E-state index contributed by atoms with van der Waals surface area (Å²) in [5.74, 6) is -1.19. The number of halogens is 3. The molecule has 6 heteroatoms. The van der Waals surface area contributed by atoms with Gasteiger partial charge in [0.1, 0.15) is 0 Å². The first-order valence-electron chi connectivity index (χ1n) is 3.55. The highest BCUT2D eigenvalue weighted by Crippen LogP contribution is 2.19. The zero-order valence-corrected chi connectivity index (χ0v) is 7.59. The van der Waals surface area contributed by atoms with Crippen molar-refractivity contribution in [1.29, 1.82) is 0 Å². The van der Waals surface area contributed by atoms with Gasteiger partial charge in [0.25, 0.3) is 0 Å². The van der Waals surface area contributed by atoms with E-state index in [1.807, 2.05) is 0 Å². The molecular weight excluding hydrogens is 216 g/mol. The highest BCUT2D eigenvalue weighted by molar-refractivity contribution is 6.31. The van der Waals surface area contributed by atoms with Crippen LogP contribution in [0.25, 0.3) is 0 Å². The van der Waals surface area contributed by atoms with Crippen molar-refractivity contribution in [3.05, 3.63) is 28.8 Å². The summed E-state index contributed by atoms with van der Waals surface area (Å²) in [6, 6.07) is 3.95. The van der Waals surface area contributed by atoms with Crippen LogP contribution in [0.15, 0.2) is 18.2 Å². The van der Waals surface area contributed by atoms with E-state index in [-0.39, 0.29) is 16.3 Å². The summed E-state index contributed by atoms with van der Waals surface area (Å²) in [5.41, 5.74) is 5.23. The largest absolute Gasteiger partial charge is 0.399 e. The first kappa shape index (κ1) is 10.7. The molecule has 1 aromatic rings. The Morgan fingerprint density at radius 3 is 2.71 bits per heavy atom.